The molecule has 130 valence electrons. The highest BCUT2D eigenvalue weighted by Gasteiger charge is 2.13. The van der Waals surface area contributed by atoms with E-state index in [2.05, 4.69) is 90.2 Å². The third kappa shape index (κ3) is 3.04. The highest BCUT2D eigenvalue weighted by Crippen LogP contribution is 2.35. The predicted octanol–water partition coefficient (Wildman–Crippen LogP) is 6.85. The summed E-state index contributed by atoms with van der Waals surface area (Å²) in [6.45, 7) is 6.61. The molecule has 0 N–H and O–H groups in total. The van der Waals surface area contributed by atoms with Crippen molar-refractivity contribution in [3.8, 4) is 22.3 Å². The van der Waals surface area contributed by atoms with E-state index in [1.807, 2.05) is 0 Å². The molecule has 0 aliphatic rings. The predicted molar refractivity (Wildman–Crippen MR) is 112 cm³/mol. The second-order valence-electron chi connectivity index (χ2n) is 6.92. The molecule has 0 radical (unpaired) electrons. The van der Waals surface area contributed by atoms with Crippen LogP contribution >= 0.6 is 11.7 Å². The molecule has 0 fully saturated rings. The maximum atomic E-state index is 4.60. The lowest BCUT2D eigenvalue weighted by molar-refractivity contribution is 0.734. The van der Waals surface area contributed by atoms with Gasteiger partial charge >= 0.3 is 0 Å². The fourth-order valence-electron chi connectivity index (χ4n) is 3.29. The number of nitrogens with zero attached hydrogens (tertiary/aromatic N) is 2. The fourth-order valence-corrected chi connectivity index (χ4v) is 3.87. The molecule has 3 aromatic carbocycles. The van der Waals surface area contributed by atoms with Crippen molar-refractivity contribution in [2.45, 2.75) is 33.1 Å². The minimum Gasteiger partial charge on any atom is -0.172 e. The molecule has 1 unspecified atom stereocenters. The molecule has 1 aromatic heterocycles. The first-order valence-electron chi connectivity index (χ1n) is 9.10. The summed E-state index contributed by atoms with van der Waals surface area (Å²) in [5.41, 5.74) is 9.32. The normalized spacial score (nSPS) is 12.4. The Morgan fingerprint density at radius 2 is 1.27 bits per heavy atom. The Hall–Kier alpha value is -2.52. The molecular formula is C23H22N2S. The first kappa shape index (κ1) is 16.9. The Balaban J connectivity index is 1.79. The summed E-state index contributed by atoms with van der Waals surface area (Å²) in [6, 6.07) is 21.8. The van der Waals surface area contributed by atoms with Gasteiger partial charge in [-0.25, -0.2) is 0 Å². The van der Waals surface area contributed by atoms with Crippen LogP contribution in [0.25, 0.3) is 33.3 Å². The molecule has 0 saturated carbocycles. The lowest BCUT2D eigenvalue weighted by atomic mass is 9.94. The van der Waals surface area contributed by atoms with Crippen LogP contribution in [0, 0.1) is 6.92 Å². The fraction of sp³-hybridized carbons (Fsp3) is 0.217. The maximum absolute atomic E-state index is 4.60. The highest BCUT2D eigenvalue weighted by atomic mass is 32.1. The molecule has 26 heavy (non-hydrogen) atoms. The number of aromatic nitrogens is 2. The largest absolute Gasteiger partial charge is 0.172 e. The molecule has 0 saturated heterocycles. The van der Waals surface area contributed by atoms with Crippen LogP contribution in [-0.2, 0) is 0 Å². The third-order valence-corrected chi connectivity index (χ3v) is 5.71. The van der Waals surface area contributed by atoms with Gasteiger partial charge in [-0.1, -0.05) is 80.1 Å². The second kappa shape index (κ2) is 7.00. The van der Waals surface area contributed by atoms with Gasteiger partial charge in [-0.05, 0) is 36.0 Å². The van der Waals surface area contributed by atoms with E-state index in [1.54, 1.807) is 0 Å². The molecule has 0 spiro atoms. The Morgan fingerprint density at radius 1 is 0.769 bits per heavy atom. The van der Waals surface area contributed by atoms with Crippen molar-refractivity contribution in [2.75, 3.05) is 0 Å². The summed E-state index contributed by atoms with van der Waals surface area (Å²) in [6.07, 6.45) is 1.16. The second-order valence-corrected chi connectivity index (χ2v) is 7.45. The summed E-state index contributed by atoms with van der Waals surface area (Å²) in [5.74, 6) is 0.592. The summed E-state index contributed by atoms with van der Waals surface area (Å²) in [4.78, 5) is 0. The van der Waals surface area contributed by atoms with Crippen LogP contribution in [-0.4, -0.2) is 8.75 Å². The molecule has 1 atom stereocenters. The van der Waals surface area contributed by atoms with Crippen LogP contribution in [0.1, 0.15) is 37.3 Å². The summed E-state index contributed by atoms with van der Waals surface area (Å²) >= 11 is 1.29. The lowest BCUT2D eigenvalue weighted by Crippen LogP contribution is -1.91. The van der Waals surface area contributed by atoms with E-state index in [4.69, 9.17) is 0 Å². The van der Waals surface area contributed by atoms with Crippen molar-refractivity contribution in [3.63, 3.8) is 0 Å². The summed E-state index contributed by atoms with van der Waals surface area (Å²) in [5, 5.41) is 0. The average Bonchev–Trinajstić information content (AvgIpc) is 3.17. The third-order valence-electron chi connectivity index (χ3n) is 5.18. The maximum Gasteiger partial charge on any atom is 0.113 e. The van der Waals surface area contributed by atoms with Gasteiger partial charge in [0.05, 0.1) is 11.7 Å². The minimum atomic E-state index is 0.592. The van der Waals surface area contributed by atoms with Crippen molar-refractivity contribution < 1.29 is 0 Å². The van der Waals surface area contributed by atoms with Gasteiger partial charge in [0.15, 0.2) is 0 Å². The molecule has 3 heteroatoms. The molecule has 1 heterocycles. The molecular weight excluding hydrogens is 336 g/mol. The van der Waals surface area contributed by atoms with Crippen LogP contribution < -0.4 is 0 Å². The number of hydrogen-bond acceptors (Lipinski definition) is 3. The van der Waals surface area contributed by atoms with Crippen LogP contribution in [0.4, 0.5) is 0 Å². The van der Waals surface area contributed by atoms with Crippen LogP contribution in [0.5, 0.6) is 0 Å². The van der Waals surface area contributed by atoms with E-state index < -0.39 is 0 Å². The Labute approximate surface area is 158 Å². The van der Waals surface area contributed by atoms with Gasteiger partial charge in [0.2, 0.25) is 0 Å². The first-order valence-corrected chi connectivity index (χ1v) is 9.83. The number of hydrogen-bond donors (Lipinski definition) is 0. The Bertz CT molecular complexity index is 1030. The van der Waals surface area contributed by atoms with E-state index in [0.29, 0.717) is 5.92 Å². The molecule has 0 aliphatic heterocycles. The van der Waals surface area contributed by atoms with E-state index in [0.717, 1.165) is 28.6 Å². The monoisotopic (exact) mass is 358 g/mol. The average molecular weight is 359 g/mol. The summed E-state index contributed by atoms with van der Waals surface area (Å²) in [7, 11) is 0. The minimum absolute atomic E-state index is 0.592. The number of fused-ring (bicyclic) bond motifs is 1. The summed E-state index contributed by atoms with van der Waals surface area (Å²) < 4.78 is 9.20. The standard InChI is InChI=1S/C23H22N2S/c1-4-16(3)17-9-11-19(12-10-17)21-14-13-20(22-23(21)25-26-24-22)18-7-5-15(2)6-8-18/h5-14,16H,4H2,1-3H3. The van der Waals surface area contributed by atoms with E-state index in [1.165, 1.54) is 34.0 Å². The number of benzene rings is 3. The molecule has 0 amide bonds. The zero-order valence-electron chi connectivity index (χ0n) is 15.4. The van der Waals surface area contributed by atoms with Crippen LogP contribution in [0.3, 0.4) is 0 Å². The quantitative estimate of drug-likeness (QED) is 0.399. The van der Waals surface area contributed by atoms with Gasteiger partial charge in [-0.2, -0.15) is 8.75 Å². The van der Waals surface area contributed by atoms with Crippen molar-refractivity contribution in [1.29, 1.82) is 0 Å². The molecule has 0 aliphatic carbocycles. The van der Waals surface area contributed by atoms with E-state index in [-0.39, 0.29) is 0 Å². The Morgan fingerprint density at radius 3 is 1.77 bits per heavy atom. The van der Waals surface area contributed by atoms with Crippen molar-refractivity contribution in [2.24, 2.45) is 0 Å². The van der Waals surface area contributed by atoms with Crippen molar-refractivity contribution >= 4 is 22.8 Å². The van der Waals surface area contributed by atoms with Gasteiger partial charge in [0.25, 0.3) is 0 Å². The van der Waals surface area contributed by atoms with Gasteiger partial charge in [-0.15, -0.1) is 0 Å². The number of aryl methyl sites for hydroxylation is 1. The molecule has 0 bridgehead atoms. The zero-order valence-corrected chi connectivity index (χ0v) is 16.2. The van der Waals surface area contributed by atoms with Crippen molar-refractivity contribution in [3.05, 3.63) is 71.8 Å². The molecule has 4 rings (SSSR count). The van der Waals surface area contributed by atoms with Gasteiger partial charge in [-0.3, -0.25) is 0 Å². The lowest BCUT2D eigenvalue weighted by Gasteiger charge is -2.11. The van der Waals surface area contributed by atoms with E-state index >= 15 is 0 Å². The smallest absolute Gasteiger partial charge is 0.113 e. The highest BCUT2D eigenvalue weighted by molar-refractivity contribution is 7.00. The van der Waals surface area contributed by atoms with Gasteiger partial charge < -0.3 is 0 Å². The Kier molecular flexibility index (Phi) is 4.56. The number of rotatable bonds is 4. The van der Waals surface area contributed by atoms with E-state index in [9.17, 15) is 0 Å². The van der Waals surface area contributed by atoms with Crippen LogP contribution in [0.2, 0.25) is 0 Å². The topological polar surface area (TPSA) is 25.8 Å². The first-order chi connectivity index (χ1) is 12.7. The molecule has 4 aromatic rings. The van der Waals surface area contributed by atoms with Gasteiger partial charge in [0, 0.05) is 11.1 Å². The zero-order chi connectivity index (χ0) is 18.1. The molecule has 2 nitrogen and oxygen atoms in total. The SMILES string of the molecule is CCC(C)c1ccc(-c2ccc(-c3ccc(C)cc3)c3nsnc23)cc1. The van der Waals surface area contributed by atoms with Crippen LogP contribution in [0.15, 0.2) is 60.7 Å². The van der Waals surface area contributed by atoms with Gasteiger partial charge in [0.1, 0.15) is 11.0 Å². The van der Waals surface area contributed by atoms with Crippen molar-refractivity contribution in [1.82, 2.24) is 8.75 Å².